The third-order valence-corrected chi connectivity index (χ3v) is 4.17. The van der Waals surface area contributed by atoms with E-state index >= 15 is 0 Å². The van der Waals surface area contributed by atoms with Crippen LogP contribution in [0.2, 0.25) is 0 Å². The fraction of sp³-hybridized carbons (Fsp3) is 0.263. The van der Waals surface area contributed by atoms with Crippen LogP contribution in [0, 0.1) is 17.0 Å². The Morgan fingerprint density at radius 1 is 1.22 bits per heavy atom. The zero-order chi connectivity index (χ0) is 19.2. The van der Waals surface area contributed by atoms with E-state index in [1.54, 1.807) is 36.4 Å². The summed E-state index contributed by atoms with van der Waals surface area (Å²) in [5, 5.41) is 15.1. The third kappa shape index (κ3) is 4.68. The molecule has 0 aromatic heterocycles. The fourth-order valence-corrected chi connectivity index (χ4v) is 2.72. The van der Waals surface area contributed by atoms with Crippen molar-refractivity contribution >= 4 is 23.6 Å². The van der Waals surface area contributed by atoms with Gasteiger partial charge < -0.3 is 14.5 Å². The van der Waals surface area contributed by atoms with E-state index in [9.17, 15) is 14.9 Å². The van der Waals surface area contributed by atoms with Gasteiger partial charge in [-0.25, -0.2) is 4.79 Å². The zero-order valence-electron chi connectivity index (χ0n) is 14.8. The molecule has 3 rings (SSSR count). The number of nitro groups is 1. The predicted octanol–water partition coefficient (Wildman–Crippen LogP) is 2.93. The Bertz CT molecular complexity index is 858. The molecule has 8 heteroatoms. The van der Waals surface area contributed by atoms with Gasteiger partial charge in [-0.15, -0.1) is 0 Å². The number of nitrogens with zero attached hydrogens (tertiary/aromatic N) is 3. The summed E-state index contributed by atoms with van der Waals surface area (Å²) in [5.74, 6) is -0.592. The number of benzene rings is 2. The molecule has 2 aromatic rings. The largest absolute Gasteiger partial charge is 0.378 e. The van der Waals surface area contributed by atoms with Gasteiger partial charge in [0.15, 0.2) is 0 Å². The first kappa shape index (κ1) is 18.5. The summed E-state index contributed by atoms with van der Waals surface area (Å²) in [6, 6.07) is 11.7. The Balaban J connectivity index is 1.71. The first-order valence-corrected chi connectivity index (χ1v) is 8.47. The Morgan fingerprint density at radius 2 is 1.93 bits per heavy atom. The minimum atomic E-state index is -0.592. The number of carbonyl (C=O) groups is 1. The molecule has 0 unspecified atom stereocenters. The number of nitro benzene ring substituents is 1. The van der Waals surface area contributed by atoms with Crippen LogP contribution >= 0.6 is 0 Å². The molecule has 27 heavy (non-hydrogen) atoms. The van der Waals surface area contributed by atoms with Crippen LogP contribution in [-0.2, 0) is 9.57 Å². The van der Waals surface area contributed by atoms with Gasteiger partial charge in [0.05, 0.1) is 29.9 Å². The molecule has 0 aliphatic carbocycles. The highest BCUT2D eigenvalue weighted by atomic mass is 16.7. The molecule has 1 aliphatic rings. The van der Waals surface area contributed by atoms with E-state index in [1.165, 1.54) is 12.3 Å². The number of aryl methyl sites for hydroxylation is 1. The molecule has 0 radical (unpaired) electrons. The van der Waals surface area contributed by atoms with Gasteiger partial charge in [0.2, 0.25) is 0 Å². The quantitative estimate of drug-likeness (QED) is 0.348. The number of oxime groups is 1. The lowest BCUT2D eigenvalue weighted by atomic mass is 10.1. The summed E-state index contributed by atoms with van der Waals surface area (Å²) < 4.78 is 5.28. The molecule has 0 bridgehead atoms. The van der Waals surface area contributed by atoms with E-state index in [2.05, 4.69) is 5.16 Å². The lowest BCUT2D eigenvalue weighted by Gasteiger charge is -2.28. The number of ether oxygens (including phenoxy) is 1. The van der Waals surface area contributed by atoms with Crippen molar-refractivity contribution < 1.29 is 19.3 Å². The maximum Gasteiger partial charge on any atom is 0.365 e. The van der Waals surface area contributed by atoms with Crippen molar-refractivity contribution in [3.63, 3.8) is 0 Å². The summed E-state index contributed by atoms with van der Waals surface area (Å²) in [6.45, 7) is 4.19. The molecule has 0 N–H and O–H groups in total. The lowest BCUT2D eigenvalue weighted by Crippen LogP contribution is -2.36. The van der Waals surface area contributed by atoms with E-state index in [-0.39, 0.29) is 5.69 Å². The van der Waals surface area contributed by atoms with Crippen LogP contribution in [0.25, 0.3) is 0 Å². The number of rotatable bonds is 5. The molecule has 1 heterocycles. The van der Waals surface area contributed by atoms with Gasteiger partial charge in [0, 0.05) is 24.7 Å². The van der Waals surface area contributed by atoms with Crippen molar-refractivity contribution in [1.29, 1.82) is 0 Å². The molecule has 1 fully saturated rings. The molecule has 0 atom stereocenters. The molecule has 1 aliphatic heterocycles. The highest BCUT2D eigenvalue weighted by molar-refractivity contribution is 5.90. The van der Waals surface area contributed by atoms with Crippen LogP contribution in [0.5, 0.6) is 0 Å². The fourth-order valence-electron chi connectivity index (χ4n) is 2.72. The Kier molecular flexibility index (Phi) is 5.77. The van der Waals surface area contributed by atoms with Gasteiger partial charge in [0.25, 0.3) is 5.69 Å². The number of morpholine rings is 1. The maximum absolute atomic E-state index is 11.9. The minimum absolute atomic E-state index is 0.0225. The summed E-state index contributed by atoms with van der Waals surface area (Å²) in [4.78, 5) is 29.7. The molecule has 8 nitrogen and oxygen atoms in total. The summed E-state index contributed by atoms with van der Waals surface area (Å²) >= 11 is 0. The Morgan fingerprint density at radius 3 is 2.59 bits per heavy atom. The first-order chi connectivity index (χ1) is 13.0. The SMILES string of the molecule is Cc1ccc(C(=O)O/N=C/c2ccc(N3CCOCC3)c([N+](=O)[O-])c2)cc1. The normalized spacial score (nSPS) is 14.3. The van der Waals surface area contributed by atoms with Crippen molar-refractivity contribution in [1.82, 2.24) is 0 Å². The lowest BCUT2D eigenvalue weighted by molar-refractivity contribution is -0.384. The average Bonchev–Trinajstić information content (AvgIpc) is 2.69. The molecular formula is C19H19N3O5. The molecular weight excluding hydrogens is 350 g/mol. The number of hydrogen-bond donors (Lipinski definition) is 0. The second-order valence-corrected chi connectivity index (χ2v) is 6.08. The number of carbonyl (C=O) groups excluding carboxylic acids is 1. The molecule has 140 valence electrons. The summed E-state index contributed by atoms with van der Waals surface area (Å²) in [5.41, 5.74) is 2.40. The maximum atomic E-state index is 11.9. The second kappa shape index (κ2) is 8.41. The van der Waals surface area contributed by atoms with Gasteiger partial charge in [-0.2, -0.15) is 0 Å². The molecule has 1 saturated heterocycles. The molecule has 0 saturated carbocycles. The van der Waals surface area contributed by atoms with Crippen LogP contribution in [0.3, 0.4) is 0 Å². The first-order valence-electron chi connectivity index (χ1n) is 8.47. The van der Waals surface area contributed by atoms with E-state index in [0.29, 0.717) is 43.1 Å². The van der Waals surface area contributed by atoms with Crippen molar-refractivity contribution in [2.45, 2.75) is 6.92 Å². The van der Waals surface area contributed by atoms with Crippen LogP contribution in [-0.4, -0.2) is 43.4 Å². The standard InChI is InChI=1S/C19H19N3O5/c1-14-2-5-16(6-3-14)19(23)27-20-13-15-4-7-17(18(12-15)22(24)25)21-8-10-26-11-9-21/h2-7,12-13H,8-11H2,1H3/b20-13+. The zero-order valence-corrected chi connectivity index (χ0v) is 14.8. The van der Waals surface area contributed by atoms with Crippen molar-refractivity contribution in [2.24, 2.45) is 5.16 Å². The van der Waals surface area contributed by atoms with Gasteiger partial charge >= 0.3 is 5.97 Å². The highest BCUT2D eigenvalue weighted by Gasteiger charge is 2.21. The van der Waals surface area contributed by atoms with Crippen molar-refractivity contribution in [3.05, 3.63) is 69.3 Å². The minimum Gasteiger partial charge on any atom is -0.378 e. The number of hydrogen-bond acceptors (Lipinski definition) is 7. The average molecular weight is 369 g/mol. The Labute approximate surface area is 156 Å². The summed E-state index contributed by atoms with van der Waals surface area (Å²) in [6.07, 6.45) is 1.28. The molecule has 0 spiro atoms. The van der Waals surface area contributed by atoms with Crippen molar-refractivity contribution in [2.75, 3.05) is 31.2 Å². The predicted molar refractivity (Wildman–Crippen MR) is 100 cm³/mol. The smallest absolute Gasteiger partial charge is 0.365 e. The Hall–Kier alpha value is -3.26. The van der Waals surface area contributed by atoms with Crippen LogP contribution in [0.1, 0.15) is 21.5 Å². The van der Waals surface area contributed by atoms with E-state index in [0.717, 1.165) is 5.56 Å². The van der Waals surface area contributed by atoms with Gasteiger partial charge in [-0.1, -0.05) is 28.9 Å². The topological polar surface area (TPSA) is 94.3 Å². The highest BCUT2D eigenvalue weighted by Crippen LogP contribution is 2.29. The summed E-state index contributed by atoms with van der Waals surface area (Å²) in [7, 11) is 0. The molecule has 0 amide bonds. The third-order valence-electron chi connectivity index (χ3n) is 4.17. The second-order valence-electron chi connectivity index (χ2n) is 6.08. The van der Waals surface area contributed by atoms with E-state index in [4.69, 9.17) is 9.57 Å². The van der Waals surface area contributed by atoms with Crippen LogP contribution in [0.15, 0.2) is 47.6 Å². The van der Waals surface area contributed by atoms with Gasteiger partial charge in [-0.05, 0) is 25.1 Å². The van der Waals surface area contributed by atoms with Crippen molar-refractivity contribution in [3.8, 4) is 0 Å². The molecule has 2 aromatic carbocycles. The van der Waals surface area contributed by atoms with Crippen LogP contribution in [0.4, 0.5) is 11.4 Å². The monoisotopic (exact) mass is 369 g/mol. The van der Waals surface area contributed by atoms with E-state index in [1.807, 2.05) is 11.8 Å². The van der Waals surface area contributed by atoms with Crippen LogP contribution < -0.4 is 4.90 Å². The van der Waals surface area contributed by atoms with E-state index < -0.39 is 10.9 Å². The van der Waals surface area contributed by atoms with Gasteiger partial charge in [0.1, 0.15) is 5.69 Å². The number of anilines is 1. The van der Waals surface area contributed by atoms with Gasteiger partial charge in [-0.3, -0.25) is 10.1 Å².